The van der Waals surface area contributed by atoms with Crippen LogP contribution in [-0.4, -0.2) is 55.1 Å². The first-order valence-corrected chi connectivity index (χ1v) is 8.51. The maximum absolute atomic E-state index is 11.5. The van der Waals surface area contributed by atoms with Crippen molar-refractivity contribution in [2.75, 3.05) is 38.8 Å². The maximum Gasteiger partial charge on any atom is 0.510 e. The summed E-state index contributed by atoms with van der Waals surface area (Å²) >= 11 is 12.2. The first-order valence-electron chi connectivity index (χ1n) is 7.75. The summed E-state index contributed by atoms with van der Waals surface area (Å²) in [6.45, 7) is 0.770. The first kappa shape index (κ1) is 20.6. The Morgan fingerprint density at radius 1 is 1.33 bits per heavy atom. The smallest absolute Gasteiger partial charge is 0.434 e. The zero-order chi connectivity index (χ0) is 19.8. The number of nitrogens with two attached hydrogens (primary N) is 1. The molecule has 1 heterocycles. The molecule has 0 aliphatic carbocycles. The number of carbonyl (C=O) groups excluding carboxylic acids is 1. The van der Waals surface area contributed by atoms with Crippen LogP contribution >= 0.6 is 23.2 Å². The zero-order valence-corrected chi connectivity index (χ0v) is 15.5. The van der Waals surface area contributed by atoms with Gasteiger partial charge in [0.25, 0.3) is 5.09 Å². The highest BCUT2D eigenvalue weighted by Crippen LogP contribution is 2.35. The number of ether oxygens (including phenoxy) is 2. The Kier molecular flexibility index (Phi) is 7.55. The van der Waals surface area contributed by atoms with E-state index < -0.39 is 11.2 Å². The monoisotopic (exact) mass is 421 g/mol. The van der Waals surface area contributed by atoms with E-state index in [-0.39, 0.29) is 26.4 Å². The molecule has 2 rings (SSSR count). The number of halogens is 2. The number of aliphatic imine (C=N–C) groups is 1. The van der Waals surface area contributed by atoms with Crippen molar-refractivity contribution in [3.05, 3.63) is 32.3 Å². The lowest BCUT2D eigenvalue weighted by atomic mass is 10.3. The molecule has 1 fully saturated rings. The normalized spacial score (nSPS) is 14.7. The van der Waals surface area contributed by atoms with Crippen LogP contribution in [-0.2, 0) is 14.3 Å². The third kappa shape index (κ3) is 6.53. The van der Waals surface area contributed by atoms with Crippen molar-refractivity contribution in [3.8, 4) is 0 Å². The second kappa shape index (κ2) is 9.88. The van der Waals surface area contributed by atoms with Crippen LogP contribution in [0.4, 0.5) is 16.2 Å². The third-order valence-corrected chi connectivity index (χ3v) is 3.84. The Labute approximate surface area is 164 Å². The molecule has 1 aromatic rings. The summed E-state index contributed by atoms with van der Waals surface area (Å²) in [6, 6.07) is 3.06. The molecule has 0 aromatic heterocycles. The van der Waals surface area contributed by atoms with E-state index in [0.717, 1.165) is 0 Å². The minimum absolute atomic E-state index is 0.0669. The van der Waals surface area contributed by atoms with Crippen LogP contribution in [0.5, 0.6) is 0 Å². The lowest BCUT2D eigenvalue weighted by Gasteiger charge is -2.17. The Bertz CT molecular complexity index is 709. The van der Waals surface area contributed by atoms with E-state index in [4.69, 9.17) is 38.4 Å². The van der Waals surface area contributed by atoms with Crippen molar-refractivity contribution in [1.82, 2.24) is 10.2 Å². The number of nitrogens with one attached hydrogen (secondary N) is 1. The molecule has 0 spiro atoms. The zero-order valence-electron chi connectivity index (χ0n) is 14.0. The molecule has 0 amide bonds. The number of carbonyl (C=O) groups is 1. The van der Waals surface area contributed by atoms with Gasteiger partial charge in [-0.25, -0.2) is 9.79 Å². The summed E-state index contributed by atoms with van der Waals surface area (Å²) in [5, 5.41) is 12.7. The van der Waals surface area contributed by atoms with E-state index in [1.165, 1.54) is 12.1 Å². The number of hydrogen-bond donors (Lipinski definition) is 2. The lowest BCUT2D eigenvalue weighted by molar-refractivity contribution is -0.757. The maximum atomic E-state index is 11.5. The Hall–Kier alpha value is -2.66. The van der Waals surface area contributed by atoms with Gasteiger partial charge in [-0.3, -0.25) is 0 Å². The van der Waals surface area contributed by atoms with Gasteiger partial charge in [-0.15, -0.1) is 10.1 Å². The van der Waals surface area contributed by atoms with Crippen LogP contribution in [0.15, 0.2) is 17.1 Å². The predicted octanol–water partition coefficient (Wildman–Crippen LogP) is 2.18. The highest BCUT2D eigenvalue weighted by atomic mass is 35.5. The summed E-state index contributed by atoms with van der Waals surface area (Å²) in [7, 11) is 0. The van der Waals surface area contributed by atoms with Gasteiger partial charge in [0.2, 0.25) is 5.96 Å². The summed E-state index contributed by atoms with van der Waals surface area (Å²) in [5.41, 5.74) is 6.42. The van der Waals surface area contributed by atoms with Gasteiger partial charge in [-0.1, -0.05) is 23.2 Å². The van der Waals surface area contributed by atoms with E-state index in [0.29, 0.717) is 40.5 Å². The van der Waals surface area contributed by atoms with E-state index in [1.54, 1.807) is 4.90 Å². The van der Waals surface area contributed by atoms with E-state index in [2.05, 4.69) is 15.1 Å². The fourth-order valence-electron chi connectivity index (χ4n) is 2.08. The second-order valence-electron chi connectivity index (χ2n) is 5.24. The Morgan fingerprint density at radius 3 is 2.70 bits per heavy atom. The summed E-state index contributed by atoms with van der Waals surface area (Å²) in [5.74, 6) is 0.427. The molecule has 1 aliphatic heterocycles. The van der Waals surface area contributed by atoms with Gasteiger partial charge in [0, 0.05) is 25.2 Å². The van der Waals surface area contributed by atoms with Crippen LogP contribution in [0.3, 0.4) is 0 Å². The van der Waals surface area contributed by atoms with Crippen molar-refractivity contribution < 1.29 is 24.2 Å². The number of benzene rings is 1. The molecular formula is C14H17Cl2N5O6. The summed E-state index contributed by atoms with van der Waals surface area (Å²) in [6.07, 6.45) is -0.742. The van der Waals surface area contributed by atoms with Crippen molar-refractivity contribution in [3.63, 3.8) is 0 Å². The van der Waals surface area contributed by atoms with Gasteiger partial charge in [0.1, 0.15) is 5.69 Å². The molecule has 0 atom stereocenters. The molecule has 148 valence electrons. The van der Waals surface area contributed by atoms with Gasteiger partial charge in [-0.2, -0.15) is 0 Å². The number of hydrogen-bond acceptors (Lipinski definition) is 8. The first-order chi connectivity index (χ1) is 12.9. The number of nitrogens with zero attached hydrogens (tertiary/aromatic N) is 3. The van der Waals surface area contributed by atoms with Crippen LogP contribution < -0.4 is 11.1 Å². The molecular weight excluding hydrogens is 405 g/mol. The van der Waals surface area contributed by atoms with Crippen molar-refractivity contribution in [2.45, 2.75) is 6.42 Å². The fraction of sp³-hybridized carbons (Fsp3) is 0.429. The van der Waals surface area contributed by atoms with Crippen molar-refractivity contribution in [1.29, 1.82) is 0 Å². The van der Waals surface area contributed by atoms with Gasteiger partial charge >= 0.3 is 6.16 Å². The molecule has 1 aliphatic rings. The average Bonchev–Trinajstić information content (AvgIpc) is 3.02. The summed E-state index contributed by atoms with van der Waals surface area (Å²) < 4.78 is 9.77. The molecule has 1 saturated heterocycles. The number of nitrogen functional groups attached to an aromatic ring is 1. The largest absolute Gasteiger partial charge is 0.510 e. The van der Waals surface area contributed by atoms with Crippen molar-refractivity contribution >= 4 is 46.7 Å². The van der Waals surface area contributed by atoms with Crippen LogP contribution in [0.2, 0.25) is 10.0 Å². The SMILES string of the molecule is Nc1cc(Cl)c(/N=C2\NCCN2COC(=O)OCCCO[N+](=O)[O-])c(Cl)c1. The van der Waals surface area contributed by atoms with Crippen LogP contribution in [0, 0.1) is 10.1 Å². The molecule has 11 nitrogen and oxygen atoms in total. The Morgan fingerprint density at radius 2 is 2.04 bits per heavy atom. The van der Waals surface area contributed by atoms with Crippen LogP contribution in [0.25, 0.3) is 0 Å². The fourth-order valence-corrected chi connectivity index (χ4v) is 2.67. The number of rotatable bonds is 8. The number of guanidine groups is 1. The summed E-state index contributed by atoms with van der Waals surface area (Å²) in [4.78, 5) is 31.6. The van der Waals surface area contributed by atoms with Crippen molar-refractivity contribution in [2.24, 2.45) is 4.99 Å². The van der Waals surface area contributed by atoms with Gasteiger partial charge in [0.15, 0.2) is 6.73 Å². The van der Waals surface area contributed by atoms with E-state index in [9.17, 15) is 14.9 Å². The van der Waals surface area contributed by atoms with E-state index in [1.807, 2.05) is 0 Å². The Balaban J connectivity index is 1.84. The lowest BCUT2D eigenvalue weighted by Crippen LogP contribution is -2.33. The average molecular weight is 422 g/mol. The number of anilines is 1. The highest BCUT2D eigenvalue weighted by molar-refractivity contribution is 6.39. The van der Waals surface area contributed by atoms with Gasteiger partial charge in [-0.05, 0) is 12.1 Å². The standard InChI is InChI=1S/C14H17Cl2N5O6/c15-10-6-9(17)7-11(16)12(10)19-13-18-2-3-20(13)8-26-14(22)25-4-1-5-27-21(23)24/h6-7H,1-5,8,17H2,(H,18,19). The molecule has 0 bridgehead atoms. The third-order valence-electron chi connectivity index (χ3n) is 3.26. The molecule has 0 unspecified atom stereocenters. The second-order valence-corrected chi connectivity index (χ2v) is 6.06. The minimum Gasteiger partial charge on any atom is -0.434 e. The minimum atomic E-state index is -0.918. The topological polar surface area (TPSA) is 142 Å². The molecule has 13 heteroatoms. The molecule has 0 saturated carbocycles. The van der Waals surface area contributed by atoms with Gasteiger partial charge in [0.05, 0.1) is 23.3 Å². The molecule has 0 radical (unpaired) electrons. The molecule has 3 N–H and O–H groups in total. The van der Waals surface area contributed by atoms with E-state index >= 15 is 0 Å². The molecule has 27 heavy (non-hydrogen) atoms. The van der Waals surface area contributed by atoms with Gasteiger partial charge < -0.3 is 30.3 Å². The quantitative estimate of drug-likeness (QED) is 0.212. The van der Waals surface area contributed by atoms with Crippen LogP contribution in [0.1, 0.15) is 6.42 Å². The highest BCUT2D eigenvalue weighted by Gasteiger charge is 2.21. The predicted molar refractivity (Wildman–Crippen MR) is 97.5 cm³/mol. The molecule has 1 aromatic carbocycles.